The molecule has 0 saturated carbocycles. The highest BCUT2D eigenvalue weighted by Crippen LogP contribution is 2.38. The highest BCUT2D eigenvalue weighted by Gasteiger charge is 2.35. The number of benzene rings is 1. The van der Waals surface area contributed by atoms with Gasteiger partial charge in [-0.3, -0.25) is 4.90 Å². The van der Waals surface area contributed by atoms with E-state index in [0.717, 1.165) is 12.1 Å². The zero-order valence-corrected chi connectivity index (χ0v) is 12.4. The second kappa shape index (κ2) is 7.10. The third-order valence-electron chi connectivity index (χ3n) is 3.67. The highest BCUT2D eigenvalue weighted by atomic mass is 35.5. The lowest BCUT2D eigenvalue weighted by Gasteiger charge is -2.35. The van der Waals surface area contributed by atoms with Crippen LogP contribution in [0.3, 0.4) is 0 Å². The van der Waals surface area contributed by atoms with Crippen LogP contribution in [0.25, 0.3) is 0 Å². The van der Waals surface area contributed by atoms with Crippen LogP contribution in [-0.2, 0) is 6.18 Å². The summed E-state index contributed by atoms with van der Waals surface area (Å²) < 4.78 is 64.5. The van der Waals surface area contributed by atoms with Gasteiger partial charge in [-0.05, 0) is 17.7 Å². The molecule has 1 heterocycles. The van der Waals surface area contributed by atoms with E-state index in [2.05, 4.69) is 5.32 Å². The van der Waals surface area contributed by atoms with Gasteiger partial charge in [-0.15, -0.1) is 0 Å². The summed E-state index contributed by atoms with van der Waals surface area (Å²) in [5, 5.41) is 2.67. The molecule has 8 heteroatoms. The standard InChI is InChI=1S/C14H16ClF5N2/c15-11-2-1-9(7-10(11)14(18,19)20)12(8-13(16)17)22-5-3-21-4-6-22/h1-2,7,12-13,21H,3-6,8H2/t12-/m1/s1. The Hall–Kier alpha value is -0.920. The first-order valence-electron chi connectivity index (χ1n) is 6.88. The molecule has 124 valence electrons. The van der Waals surface area contributed by atoms with Gasteiger partial charge in [0.05, 0.1) is 10.6 Å². The van der Waals surface area contributed by atoms with Crippen molar-refractivity contribution in [2.75, 3.05) is 26.2 Å². The summed E-state index contributed by atoms with van der Waals surface area (Å²) in [4.78, 5) is 1.78. The third kappa shape index (κ3) is 4.30. The van der Waals surface area contributed by atoms with Gasteiger partial charge in [-0.2, -0.15) is 13.2 Å². The predicted octanol–water partition coefficient (Wildman–Crippen LogP) is 3.96. The Morgan fingerprint density at radius 1 is 1.18 bits per heavy atom. The van der Waals surface area contributed by atoms with Crippen molar-refractivity contribution in [3.63, 3.8) is 0 Å². The van der Waals surface area contributed by atoms with E-state index in [9.17, 15) is 22.0 Å². The SMILES string of the molecule is FC(F)C[C@H](c1ccc(Cl)c(C(F)(F)F)c1)N1CCNCC1. The lowest BCUT2D eigenvalue weighted by Crippen LogP contribution is -2.45. The van der Waals surface area contributed by atoms with E-state index >= 15 is 0 Å². The average molecular weight is 343 g/mol. The smallest absolute Gasteiger partial charge is 0.314 e. The molecular weight excluding hydrogens is 327 g/mol. The lowest BCUT2D eigenvalue weighted by atomic mass is 9.99. The maximum Gasteiger partial charge on any atom is 0.417 e. The molecule has 1 aromatic carbocycles. The van der Waals surface area contributed by atoms with Gasteiger partial charge in [0.2, 0.25) is 6.43 Å². The van der Waals surface area contributed by atoms with Crippen LogP contribution < -0.4 is 5.32 Å². The fraction of sp³-hybridized carbons (Fsp3) is 0.571. The predicted molar refractivity (Wildman–Crippen MR) is 74.3 cm³/mol. The normalized spacial score (nSPS) is 18.7. The lowest BCUT2D eigenvalue weighted by molar-refractivity contribution is -0.137. The number of nitrogens with one attached hydrogen (secondary N) is 1. The van der Waals surface area contributed by atoms with Crippen LogP contribution in [0.15, 0.2) is 18.2 Å². The summed E-state index contributed by atoms with van der Waals surface area (Å²) in [5.74, 6) is 0. The Morgan fingerprint density at radius 3 is 2.36 bits per heavy atom. The zero-order chi connectivity index (χ0) is 16.3. The summed E-state index contributed by atoms with van der Waals surface area (Å²) in [6.07, 6.45) is -7.70. The number of halogens is 6. The van der Waals surface area contributed by atoms with Gasteiger partial charge in [-0.1, -0.05) is 17.7 Å². The van der Waals surface area contributed by atoms with E-state index in [-0.39, 0.29) is 5.56 Å². The molecule has 1 aromatic rings. The first-order valence-corrected chi connectivity index (χ1v) is 7.26. The van der Waals surface area contributed by atoms with Crippen molar-refractivity contribution in [1.82, 2.24) is 10.2 Å². The van der Waals surface area contributed by atoms with Crippen molar-refractivity contribution in [3.05, 3.63) is 34.3 Å². The minimum absolute atomic E-state index is 0.221. The van der Waals surface area contributed by atoms with Gasteiger partial charge >= 0.3 is 6.18 Å². The molecule has 0 aliphatic carbocycles. The molecule has 1 aliphatic rings. The van der Waals surface area contributed by atoms with E-state index in [4.69, 9.17) is 11.6 Å². The van der Waals surface area contributed by atoms with Gasteiger partial charge in [-0.25, -0.2) is 8.78 Å². The average Bonchev–Trinajstić information content (AvgIpc) is 2.45. The molecule has 0 radical (unpaired) electrons. The molecule has 1 fully saturated rings. The monoisotopic (exact) mass is 342 g/mol. The molecule has 1 aliphatic heterocycles. The van der Waals surface area contributed by atoms with Crippen LogP contribution >= 0.6 is 11.6 Å². The van der Waals surface area contributed by atoms with Gasteiger partial charge in [0.15, 0.2) is 0 Å². The number of piperazine rings is 1. The molecule has 2 rings (SSSR count). The van der Waals surface area contributed by atoms with Crippen molar-refractivity contribution >= 4 is 11.6 Å². The fourth-order valence-corrected chi connectivity index (χ4v) is 2.85. The molecular formula is C14H16ClF5N2. The molecule has 1 saturated heterocycles. The minimum atomic E-state index is -4.61. The van der Waals surface area contributed by atoms with Gasteiger partial charge in [0.1, 0.15) is 0 Å². The van der Waals surface area contributed by atoms with Gasteiger partial charge in [0.25, 0.3) is 0 Å². The van der Waals surface area contributed by atoms with E-state index in [1.54, 1.807) is 4.90 Å². The maximum absolute atomic E-state index is 12.9. The number of alkyl halides is 5. The van der Waals surface area contributed by atoms with E-state index in [1.807, 2.05) is 0 Å². The van der Waals surface area contributed by atoms with Crippen molar-refractivity contribution < 1.29 is 22.0 Å². The van der Waals surface area contributed by atoms with Gasteiger partial charge < -0.3 is 5.32 Å². The molecule has 1 N–H and O–H groups in total. The molecule has 0 amide bonds. The highest BCUT2D eigenvalue weighted by molar-refractivity contribution is 6.31. The Morgan fingerprint density at radius 2 is 1.82 bits per heavy atom. The summed E-state index contributed by atoms with van der Waals surface area (Å²) in [5.41, 5.74) is -0.764. The van der Waals surface area contributed by atoms with E-state index in [0.29, 0.717) is 26.2 Å². The molecule has 1 atom stereocenters. The molecule has 2 nitrogen and oxygen atoms in total. The minimum Gasteiger partial charge on any atom is -0.314 e. The molecule has 0 unspecified atom stereocenters. The summed E-state index contributed by atoms with van der Waals surface area (Å²) in [6.45, 7) is 2.28. The van der Waals surface area contributed by atoms with Crippen LogP contribution in [0.1, 0.15) is 23.6 Å². The van der Waals surface area contributed by atoms with Crippen molar-refractivity contribution in [3.8, 4) is 0 Å². The van der Waals surface area contributed by atoms with Crippen LogP contribution in [-0.4, -0.2) is 37.5 Å². The quantitative estimate of drug-likeness (QED) is 0.833. The first kappa shape index (κ1) is 17.4. The summed E-state index contributed by atoms with van der Waals surface area (Å²) in [7, 11) is 0. The van der Waals surface area contributed by atoms with Crippen molar-refractivity contribution in [1.29, 1.82) is 0 Å². The van der Waals surface area contributed by atoms with Crippen LogP contribution in [0.5, 0.6) is 0 Å². The maximum atomic E-state index is 12.9. The largest absolute Gasteiger partial charge is 0.417 e. The summed E-state index contributed by atoms with van der Waals surface area (Å²) in [6, 6.07) is 2.66. The van der Waals surface area contributed by atoms with Gasteiger partial charge in [0, 0.05) is 38.6 Å². The summed E-state index contributed by atoms with van der Waals surface area (Å²) >= 11 is 5.59. The van der Waals surface area contributed by atoms with Crippen molar-refractivity contribution in [2.45, 2.75) is 25.1 Å². The number of hydrogen-bond acceptors (Lipinski definition) is 2. The molecule has 0 aromatic heterocycles. The van der Waals surface area contributed by atoms with Crippen molar-refractivity contribution in [2.24, 2.45) is 0 Å². The number of nitrogens with zero attached hydrogens (tertiary/aromatic N) is 1. The Balaban J connectivity index is 2.34. The number of hydrogen-bond donors (Lipinski definition) is 1. The third-order valence-corrected chi connectivity index (χ3v) is 4.00. The topological polar surface area (TPSA) is 15.3 Å². The van der Waals surface area contributed by atoms with E-state index < -0.39 is 35.7 Å². The fourth-order valence-electron chi connectivity index (χ4n) is 2.63. The number of rotatable bonds is 4. The zero-order valence-electron chi connectivity index (χ0n) is 11.6. The Labute approximate surface area is 130 Å². The molecule has 0 bridgehead atoms. The molecule has 0 spiro atoms. The van der Waals surface area contributed by atoms with Crippen LogP contribution in [0.2, 0.25) is 5.02 Å². The van der Waals surface area contributed by atoms with Crippen LogP contribution in [0.4, 0.5) is 22.0 Å². The Kier molecular flexibility index (Phi) is 5.63. The Bertz CT molecular complexity index is 500. The second-order valence-corrected chi connectivity index (χ2v) is 5.57. The first-order chi connectivity index (χ1) is 10.3. The van der Waals surface area contributed by atoms with Crippen LogP contribution in [0, 0.1) is 0 Å². The molecule has 22 heavy (non-hydrogen) atoms. The van der Waals surface area contributed by atoms with E-state index in [1.165, 1.54) is 6.07 Å². The second-order valence-electron chi connectivity index (χ2n) is 5.17.